The van der Waals surface area contributed by atoms with Crippen molar-refractivity contribution >= 4 is 22.8 Å². The number of nitrogens with one attached hydrogen (secondary N) is 2. The number of rotatable bonds is 4. The Morgan fingerprint density at radius 2 is 1.79 bits per heavy atom. The highest BCUT2D eigenvalue weighted by Gasteiger charge is 2.16. The van der Waals surface area contributed by atoms with Gasteiger partial charge in [0.05, 0.1) is 29.2 Å². The second-order valence-electron chi connectivity index (χ2n) is 6.52. The van der Waals surface area contributed by atoms with E-state index in [0.717, 1.165) is 22.2 Å². The molecule has 1 amide bonds. The Balaban J connectivity index is 1.52. The third kappa shape index (κ3) is 3.27. The van der Waals surface area contributed by atoms with E-state index in [9.17, 15) is 4.79 Å². The molecule has 29 heavy (non-hydrogen) atoms. The molecule has 5 aromatic rings. The van der Waals surface area contributed by atoms with E-state index in [0.29, 0.717) is 23.0 Å². The van der Waals surface area contributed by atoms with Gasteiger partial charge in [-0.2, -0.15) is 0 Å². The number of carbonyl (C=O) groups excluding carboxylic acids is 1. The number of hydrogen-bond donors (Lipinski definition) is 2. The summed E-state index contributed by atoms with van der Waals surface area (Å²) in [6.45, 7) is 0. The lowest BCUT2D eigenvalue weighted by atomic mass is 10.0. The Morgan fingerprint density at radius 3 is 2.62 bits per heavy atom. The highest BCUT2D eigenvalue weighted by molar-refractivity contribution is 6.12. The van der Waals surface area contributed by atoms with Crippen LogP contribution in [-0.2, 0) is 0 Å². The molecule has 140 valence electrons. The van der Waals surface area contributed by atoms with Crippen LogP contribution in [0.15, 0.2) is 89.7 Å². The zero-order chi connectivity index (χ0) is 19.6. The van der Waals surface area contributed by atoms with Crippen LogP contribution in [0.2, 0.25) is 0 Å². The van der Waals surface area contributed by atoms with E-state index in [2.05, 4.69) is 15.3 Å². The first-order valence-corrected chi connectivity index (χ1v) is 9.13. The smallest absolute Gasteiger partial charge is 0.258 e. The summed E-state index contributed by atoms with van der Waals surface area (Å²) in [5.74, 6) is 0.739. The standard InChI is InChI=1S/C23H16N4O2/c28-22(27-23-24-14-20(26-23)21-11-6-12-29-21)17-13-19(15-7-2-1-3-8-15)25-18-10-5-4-9-16(17)18/h1-14H,(H2,24,26,27,28). The maximum absolute atomic E-state index is 13.1. The molecule has 0 aliphatic heterocycles. The van der Waals surface area contributed by atoms with Gasteiger partial charge in [-0.25, -0.2) is 9.97 Å². The van der Waals surface area contributed by atoms with Crippen molar-refractivity contribution in [1.29, 1.82) is 0 Å². The first-order chi connectivity index (χ1) is 14.3. The third-order valence-electron chi connectivity index (χ3n) is 4.62. The molecule has 2 N–H and O–H groups in total. The predicted octanol–water partition coefficient (Wildman–Crippen LogP) is 5.14. The van der Waals surface area contributed by atoms with Gasteiger partial charge in [0.15, 0.2) is 5.76 Å². The van der Waals surface area contributed by atoms with Crippen LogP contribution in [-0.4, -0.2) is 20.9 Å². The number of hydrogen-bond acceptors (Lipinski definition) is 4. The lowest BCUT2D eigenvalue weighted by molar-refractivity contribution is 0.102. The summed E-state index contributed by atoms with van der Waals surface area (Å²) in [6.07, 6.45) is 3.21. The van der Waals surface area contributed by atoms with Crippen molar-refractivity contribution in [3.05, 3.63) is 90.8 Å². The van der Waals surface area contributed by atoms with Gasteiger partial charge in [-0.1, -0.05) is 48.5 Å². The van der Waals surface area contributed by atoms with Crippen molar-refractivity contribution in [2.45, 2.75) is 0 Å². The number of benzene rings is 2. The number of aromatic nitrogens is 3. The van der Waals surface area contributed by atoms with Gasteiger partial charge in [0.25, 0.3) is 5.91 Å². The highest BCUT2D eigenvalue weighted by atomic mass is 16.3. The fraction of sp³-hybridized carbons (Fsp3) is 0. The molecule has 3 aromatic heterocycles. The Kier molecular flexibility index (Phi) is 4.14. The molecule has 0 spiro atoms. The minimum Gasteiger partial charge on any atom is -0.463 e. The summed E-state index contributed by atoms with van der Waals surface area (Å²) in [7, 11) is 0. The summed E-state index contributed by atoms with van der Waals surface area (Å²) < 4.78 is 5.35. The highest BCUT2D eigenvalue weighted by Crippen LogP contribution is 2.26. The van der Waals surface area contributed by atoms with Crippen molar-refractivity contribution in [1.82, 2.24) is 15.0 Å². The first kappa shape index (κ1) is 16.9. The molecule has 3 heterocycles. The fourth-order valence-corrected chi connectivity index (χ4v) is 3.24. The van der Waals surface area contributed by atoms with Gasteiger partial charge < -0.3 is 9.40 Å². The normalized spacial score (nSPS) is 10.9. The molecule has 6 heteroatoms. The Morgan fingerprint density at radius 1 is 0.966 bits per heavy atom. The van der Waals surface area contributed by atoms with Crippen LogP contribution in [0.25, 0.3) is 33.6 Å². The molecule has 0 saturated carbocycles. The molecular formula is C23H16N4O2. The van der Waals surface area contributed by atoms with Crippen LogP contribution in [0.4, 0.5) is 5.95 Å². The SMILES string of the molecule is O=C(Nc1ncc(-c2ccco2)[nH]1)c1cc(-c2ccccc2)nc2ccccc12. The van der Waals surface area contributed by atoms with E-state index < -0.39 is 0 Å². The average Bonchev–Trinajstić information content (AvgIpc) is 3.45. The molecule has 0 radical (unpaired) electrons. The fourth-order valence-electron chi connectivity index (χ4n) is 3.24. The van der Waals surface area contributed by atoms with E-state index in [-0.39, 0.29) is 5.91 Å². The maximum atomic E-state index is 13.1. The number of amides is 1. The number of anilines is 1. The van der Waals surface area contributed by atoms with Crippen LogP contribution in [0.1, 0.15) is 10.4 Å². The summed E-state index contributed by atoms with van der Waals surface area (Å²) in [4.78, 5) is 25.1. The average molecular weight is 380 g/mol. The minimum atomic E-state index is -0.263. The molecule has 0 fully saturated rings. The quantitative estimate of drug-likeness (QED) is 0.452. The summed E-state index contributed by atoms with van der Waals surface area (Å²) in [5, 5.41) is 3.62. The molecule has 6 nitrogen and oxygen atoms in total. The number of para-hydroxylation sites is 1. The number of fused-ring (bicyclic) bond motifs is 1. The van der Waals surface area contributed by atoms with Gasteiger partial charge >= 0.3 is 0 Å². The van der Waals surface area contributed by atoms with E-state index in [4.69, 9.17) is 9.40 Å². The van der Waals surface area contributed by atoms with Crippen LogP contribution in [0.5, 0.6) is 0 Å². The van der Waals surface area contributed by atoms with E-state index >= 15 is 0 Å². The monoisotopic (exact) mass is 380 g/mol. The largest absolute Gasteiger partial charge is 0.463 e. The number of pyridine rings is 1. The lowest BCUT2D eigenvalue weighted by Gasteiger charge is -2.09. The summed E-state index contributed by atoms with van der Waals surface area (Å²) in [5.41, 5.74) is 3.67. The molecule has 5 rings (SSSR count). The van der Waals surface area contributed by atoms with Crippen molar-refractivity contribution in [2.24, 2.45) is 0 Å². The second-order valence-corrected chi connectivity index (χ2v) is 6.52. The van der Waals surface area contributed by atoms with Crippen LogP contribution in [0, 0.1) is 0 Å². The molecule has 0 aliphatic rings. The zero-order valence-corrected chi connectivity index (χ0v) is 15.3. The number of carbonyl (C=O) groups is 1. The number of nitrogens with zero attached hydrogens (tertiary/aromatic N) is 2. The second kappa shape index (κ2) is 7.09. The Hall–Kier alpha value is -4.19. The van der Waals surface area contributed by atoms with Crippen molar-refractivity contribution < 1.29 is 9.21 Å². The van der Waals surface area contributed by atoms with E-state index in [1.54, 1.807) is 18.5 Å². The van der Waals surface area contributed by atoms with Crippen LogP contribution < -0.4 is 5.32 Å². The van der Waals surface area contributed by atoms with Gasteiger partial charge in [-0.05, 0) is 24.3 Å². The van der Waals surface area contributed by atoms with Crippen molar-refractivity contribution in [3.63, 3.8) is 0 Å². The van der Waals surface area contributed by atoms with Gasteiger partial charge in [0, 0.05) is 10.9 Å². The van der Waals surface area contributed by atoms with Gasteiger partial charge in [-0.3, -0.25) is 10.1 Å². The topological polar surface area (TPSA) is 83.8 Å². The third-order valence-corrected chi connectivity index (χ3v) is 4.62. The molecule has 2 aromatic carbocycles. The van der Waals surface area contributed by atoms with Crippen molar-refractivity contribution in [3.8, 4) is 22.7 Å². The molecule has 0 unspecified atom stereocenters. The number of imidazole rings is 1. The van der Waals surface area contributed by atoms with Gasteiger partial charge in [0.1, 0.15) is 5.69 Å². The summed E-state index contributed by atoms with van der Waals surface area (Å²) in [6, 6.07) is 22.8. The lowest BCUT2D eigenvalue weighted by Crippen LogP contribution is -2.14. The molecule has 0 bridgehead atoms. The molecular weight excluding hydrogens is 364 g/mol. The van der Waals surface area contributed by atoms with E-state index in [1.807, 2.05) is 66.7 Å². The van der Waals surface area contributed by atoms with Gasteiger partial charge in [-0.15, -0.1) is 0 Å². The van der Waals surface area contributed by atoms with E-state index in [1.165, 1.54) is 0 Å². The molecule has 0 saturated heterocycles. The minimum absolute atomic E-state index is 0.263. The number of aromatic amines is 1. The van der Waals surface area contributed by atoms with Crippen molar-refractivity contribution in [2.75, 3.05) is 5.32 Å². The summed E-state index contributed by atoms with van der Waals surface area (Å²) >= 11 is 0. The zero-order valence-electron chi connectivity index (χ0n) is 15.3. The number of H-pyrrole nitrogens is 1. The molecule has 0 aliphatic carbocycles. The Bertz CT molecular complexity index is 1290. The maximum Gasteiger partial charge on any atom is 0.258 e. The van der Waals surface area contributed by atoms with Gasteiger partial charge in [0.2, 0.25) is 5.95 Å². The number of furan rings is 1. The van der Waals surface area contributed by atoms with Crippen LogP contribution >= 0.6 is 0 Å². The Labute approximate surface area is 166 Å². The predicted molar refractivity (Wildman–Crippen MR) is 111 cm³/mol. The molecule has 0 atom stereocenters. The first-order valence-electron chi connectivity index (χ1n) is 9.13. The van der Waals surface area contributed by atoms with Crippen LogP contribution in [0.3, 0.4) is 0 Å².